The monoisotopic (exact) mass is 311 g/mol. The zero-order chi connectivity index (χ0) is 15.4. The van der Waals surface area contributed by atoms with Crippen molar-refractivity contribution in [3.8, 4) is 0 Å². The van der Waals surface area contributed by atoms with Gasteiger partial charge in [0.15, 0.2) is 0 Å². The van der Waals surface area contributed by atoms with Crippen LogP contribution in [-0.2, 0) is 9.53 Å². The fourth-order valence-electron chi connectivity index (χ4n) is 3.32. The lowest BCUT2D eigenvalue weighted by molar-refractivity contribution is -0.123. The predicted molar refractivity (Wildman–Crippen MR) is 83.6 cm³/mol. The van der Waals surface area contributed by atoms with Gasteiger partial charge in [-0.25, -0.2) is 0 Å². The molecule has 2 N–H and O–H groups in total. The molecule has 126 valence electrons. The van der Waals surface area contributed by atoms with E-state index in [1.54, 1.807) is 0 Å². The normalized spacial score (nSPS) is 28.7. The molecule has 2 atom stereocenters. The third-order valence-corrected chi connectivity index (χ3v) is 4.99. The van der Waals surface area contributed by atoms with Gasteiger partial charge in [0.05, 0.1) is 18.8 Å². The number of rotatable bonds is 7. The van der Waals surface area contributed by atoms with E-state index < -0.39 is 0 Å². The smallest absolute Gasteiger partial charge is 0.234 e. The summed E-state index contributed by atoms with van der Waals surface area (Å²) in [5.74, 6) is 0.642. The highest BCUT2D eigenvalue weighted by atomic mass is 16.5. The summed E-state index contributed by atoms with van der Waals surface area (Å²) in [6.45, 7) is 6.46. The fourth-order valence-corrected chi connectivity index (χ4v) is 3.32. The van der Waals surface area contributed by atoms with Crippen molar-refractivity contribution in [1.82, 2.24) is 15.1 Å². The van der Waals surface area contributed by atoms with E-state index in [1.807, 2.05) is 0 Å². The third-order valence-electron chi connectivity index (χ3n) is 4.99. The molecule has 3 fully saturated rings. The van der Waals surface area contributed by atoms with E-state index in [2.05, 4.69) is 15.1 Å². The van der Waals surface area contributed by atoms with Crippen molar-refractivity contribution in [3.05, 3.63) is 0 Å². The van der Waals surface area contributed by atoms with Crippen LogP contribution in [0.25, 0.3) is 0 Å². The van der Waals surface area contributed by atoms with Gasteiger partial charge >= 0.3 is 0 Å². The number of hydrogen-bond acceptors (Lipinski definition) is 5. The van der Waals surface area contributed by atoms with Crippen LogP contribution in [0, 0.1) is 5.92 Å². The quantitative estimate of drug-likeness (QED) is 0.674. The molecule has 0 aromatic carbocycles. The molecule has 1 aliphatic carbocycles. The van der Waals surface area contributed by atoms with E-state index in [0.29, 0.717) is 19.0 Å². The Kier molecular flexibility index (Phi) is 5.68. The van der Waals surface area contributed by atoms with Crippen molar-refractivity contribution in [3.63, 3.8) is 0 Å². The first kappa shape index (κ1) is 16.2. The van der Waals surface area contributed by atoms with E-state index in [-0.39, 0.29) is 18.1 Å². The maximum Gasteiger partial charge on any atom is 0.234 e. The molecular weight excluding hydrogens is 282 g/mol. The number of aliphatic hydroxyl groups is 1. The molecule has 0 unspecified atom stereocenters. The van der Waals surface area contributed by atoms with Crippen molar-refractivity contribution in [2.24, 2.45) is 5.92 Å². The van der Waals surface area contributed by atoms with Crippen LogP contribution in [0.2, 0.25) is 0 Å². The van der Waals surface area contributed by atoms with E-state index in [0.717, 1.165) is 52.2 Å². The summed E-state index contributed by atoms with van der Waals surface area (Å²) < 4.78 is 5.51. The number of carbonyl (C=O) groups excluding carboxylic acids is 1. The minimum atomic E-state index is -0.152. The molecule has 2 saturated heterocycles. The van der Waals surface area contributed by atoms with Crippen LogP contribution in [0.15, 0.2) is 0 Å². The van der Waals surface area contributed by atoms with Gasteiger partial charge in [0.25, 0.3) is 0 Å². The maximum absolute atomic E-state index is 12.0. The number of amides is 1. The van der Waals surface area contributed by atoms with Gasteiger partial charge in [-0.2, -0.15) is 0 Å². The van der Waals surface area contributed by atoms with Gasteiger partial charge in [-0.05, 0) is 31.6 Å². The van der Waals surface area contributed by atoms with Crippen LogP contribution in [0.4, 0.5) is 0 Å². The molecule has 6 heteroatoms. The number of nitrogens with one attached hydrogen (secondary N) is 1. The van der Waals surface area contributed by atoms with Gasteiger partial charge in [0, 0.05) is 45.9 Å². The largest absolute Gasteiger partial charge is 0.392 e. The third kappa shape index (κ3) is 4.91. The maximum atomic E-state index is 12.0. The van der Waals surface area contributed by atoms with Crippen molar-refractivity contribution >= 4 is 5.91 Å². The summed E-state index contributed by atoms with van der Waals surface area (Å²) in [6.07, 6.45) is 4.60. The number of β-amino-alcohol motifs (C(OH)–C–C–N with tert-alkyl or cyclic N) is 1. The highest BCUT2D eigenvalue weighted by Gasteiger charge is 2.31. The van der Waals surface area contributed by atoms with Gasteiger partial charge in [-0.1, -0.05) is 0 Å². The van der Waals surface area contributed by atoms with Gasteiger partial charge in [0.1, 0.15) is 0 Å². The molecular formula is C16H29N3O3. The molecule has 6 nitrogen and oxygen atoms in total. The van der Waals surface area contributed by atoms with Gasteiger partial charge in [0.2, 0.25) is 5.91 Å². The summed E-state index contributed by atoms with van der Waals surface area (Å²) >= 11 is 0. The molecule has 1 amide bonds. The average Bonchev–Trinajstić information content (AvgIpc) is 3.24. The molecule has 2 heterocycles. The second-order valence-corrected chi connectivity index (χ2v) is 6.92. The van der Waals surface area contributed by atoms with Crippen molar-refractivity contribution in [2.75, 3.05) is 52.4 Å². The summed E-state index contributed by atoms with van der Waals surface area (Å²) in [5.41, 5.74) is 0. The Labute approximate surface area is 132 Å². The topological polar surface area (TPSA) is 65.0 Å². The van der Waals surface area contributed by atoms with Crippen LogP contribution in [-0.4, -0.2) is 85.4 Å². The number of carbonyl (C=O) groups is 1. The minimum absolute atomic E-state index is 0.0990. The van der Waals surface area contributed by atoms with Crippen molar-refractivity contribution < 1.29 is 14.6 Å². The lowest BCUT2D eigenvalue weighted by Crippen LogP contribution is -2.51. The van der Waals surface area contributed by atoms with Crippen molar-refractivity contribution in [1.29, 1.82) is 0 Å². The van der Waals surface area contributed by atoms with Crippen LogP contribution in [0.3, 0.4) is 0 Å². The number of hydrogen-bond donors (Lipinski definition) is 2. The zero-order valence-corrected chi connectivity index (χ0v) is 13.4. The number of aliphatic hydroxyl groups excluding tert-OH is 1. The molecule has 0 radical (unpaired) electrons. The Morgan fingerprint density at radius 3 is 2.55 bits per heavy atom. The Balaban J connectivity index is 1.28. The average molecular weight is 311 g/mol. The number of nitrogens with zero attached hydrogens (tertiary/aromatic N) is 2. The summed E-state index contributed by atoms with van der Waals surface area (Å²) in [7, 11) is 0. The SMILES string of the molecule is O=C(CN1CCN(C[C@H](O)C2CC2)CC1)NC[C@H]1CCCO1. The summed E-state index contributed by atoms with van der Waals surface area (Å²) in [6, 6.07) is 0. The van der Waals surface area contributed by atoms with E-state index in [1.165, 1.54) is 12.8 Å². The second-order valence-electron chi connectivity index (χ2n) is 6.92. The molecule has 0 aromatic rings. The Hall–Kier alpha value is -0.690. The van der Waals surface area contributed by atoms with E-state index in [9.17, 15) is 9.90 Å². The Morgan fingerprint density at radius 2 is 1.91 bits per heavy atom. The first-order valence-corrected chi connectivity index (χ1v) is 8.72. The highest BCUT2D eigenvalue weighted by molar-refractivity contribution is 5.78. The lowest BCUT2D eigenvalue weighted by Gasteiger charge is -2.35. The standard InChI is InChI=1S/C16H29N3O3/c20-15(13-3-4-13)11-18-5-7-19(8-6-18)12-16(21)17-10-14-2-1-9-22-14/h13-15,20H,1-12H2,(H,17,21)/t14-,15+/m1/s1. The van der Waals surface area contributed by atoms with E-state index in [4.69, 9.17) is 4.74 Å². The summed E-state index contributed by atoms with van der Waals surface area (Å²) in [4.78, 5) is 16.5. The lowest BCUT2D eigenvalue weighted by atomic mass is 10.2. The molecule has 3 rings (SSSR count). The Morgan fingerprint density at radius 1 is 1.18 bits per heavy atom. The molecule has 1 saturated carbocycles. The second kappa shape index (κ2) is 7.73. The van der Waals surface area contributed by atoms with Crippen molar-refractivity contribution in [2.45, 2.75) is 37.9 Å². The van der Waals surface area contributed by atoms with Gasteiger partial charge in [-0.15, -0.1) is 0 Å². The molecule has 0 spiro atoms. The molecule has 3 aliphatic rings. The molecule has 0 bridgehead atoms. The molecule has 2 aliphatic heterocycles. The fraction of sp³-hybridized carbons (Fsp3) is 0.938. The summed E-state index contributed by atoms with van der Waals surface area (Å²) in [5, 5.41) is 13.0. The first-order chi connectivity index (χ1) is 10.7. The zero-order valence-electron chi connectivity index (χ0n) is 13.4. The van der Waals surface area contributed by atoms with Gasteiger partial charge in [-0.3, -0.25) is 14.6 Å². The first-order valence-electron chi connectivity index (χ1n) is 8.72. The van der Waals surface area contributed by atoms with Crippen LogP contribution >= 0.6 is 0 Å². The minimum Gasteiger partial charge on any atom is -0.392 e. The van der Waals surface area contributed by atoms with Crippen LogP contribution in [0.5, 0.6) is 0 Å². The highest BCUT2D eigenvalue weighted by Crippen LogP contribution is 2.32. The van der Waals surface area contributed by atoms with Crippen LogP contribution < -0.4 is 5.32 Å². The predicted octanol–water partition coefficient (Wildman–Crippen LogP) is -0.330. The van der Waals surface area contributed by atoms with Gasteiger partial charge < -0.3 is 15.2 Å². The Bertz CT molecular complexity index is 362. The van der Waals surface area contributed by atoms with Crippen LogP contribution in [0.1, 0.15) is 25.7 Å². The number of piperazine rings is 1. The number of ether oxygens (including phenoxy) is 1. The van der Waals surface area contributed by atoms with E-state index >= 15 is 0 Å². The molecule has 22 heavy (non-hydrogen) atoms. The molecule has 0 aromatic heterocycles.